The van der Waals surface area contributed by atoms with E-state index < -0.39 is 0 Å². The van der Waals surface area contributed by atoms with Gasteiger partial charge >= 0.3 is 0 Å². The molecule has 3 N–H and O–H groups in total. The zero-order chi connectivity index (χ0) is 11.7. The van der Waals surface area contributed by atoms with Crippen molar-refractivity contribution in [2.75, 3.05) is 20.3 Å². The first-order valence-corrected chi connectivity index (χ1v) is 5.57. The lowest BCUT2D eigenvalue weighted by Gasteiger charge is -2.11. The van der Waals surface area contributed by atoms with Crippen LogP contribution >= 0.6 is 0 Å². The van der Waals surface area contributed by atoms with Gasteiger partial charge in [-0.1, -0.05) is 6.92 Å². The second-order valence-corrected chi connectivity index (χ2v) is 4.23. The third-order valence-electron chi connectivity index (χ3n) is 2.16. The second kappa shape index (κ2) is 8.68. The number of hydrogen-bond acceptors (Lipinski definition) is 3. The number of amides is 1. The SMILES string of the molecule is COCC(C)CNC(=O)CCCC(C)N. The minimum Gasteiger partial charge on any atom is -0.384 e. The first kappa shape index (κ1) is 14.4. The van der Waals surface area contributed by atoms with Crippen LogP contribution in [0.3, 0.4) is 0 Å². The molecule has 0 spiro atoms. The lowest BCUT2D eigenvalue weighted by Crippen LogP contribution is -2.30. The summed E-state index contributed by atoms with van der Waals surface area (Å²) in [6.45, 7) is 5.37. The van der Waals surface area contributed by atoms with Crippen LogP contribution in [-0.4, -0.2) is 32.2 Å². The molecule has 2 atom stereocenters. The number of carbonyl (C=O) groups excluding carboxylic acids is 1. The van der Waals surface area contributed by atoms with E-state index in [1.165, 1.54) is 0 Å². The molecule has 0 heterocycles. The van der Waals surface area contributed by atoms with Crippen molar-refractivity contribution in [3.8, 4) is 0 Å². The van der Waals surface area contributed by atoms with Crippen LogP contribution in [0.25, 0.3) is 0 Å². The van der Waals surface area contributed by atoms with Crippen LogP contribution in [0.4, 0.5) is 0 Å². The Bertz CT molecular complexity index is 172. The Kier molecular flexibility index (Phi) is 8.33. The highest BCUT2D eigenvalue weighted by atomic mass is 16.5. The van der Waals surface area contributed by atoms with E-state index in [1.54, 1.807) is 7.11 Å². The summed E-state index contributed by atoms with van der Waals surface area (Å²) in [5.74, 6) is 0.478. The molecule has 0 aromatic heterocycles. The van der Waals surface area contributed by atoms with Gasteiger partial charge < -0.3 is 15.8 Å². The van der Waals surface area contributed by atoms with E-state index in [-0.39, 0.29) is 11.9 Å². The smallest absolute Gasteiger partial charge is 0.220 e. The molecule has 4 heteroatoms. The summed E-state index contributed by atoms with van der Waals surface area (Å²) in [5.41, 5.74) is 5.59. The van der Waals surface area contributed by atoms with Crippen molar-refractivity contribution >= 4 is 5.91 Å². The minimum absolute atomic E-state index is 0.110. The zero-order valence-corrected chi connectivity index (χ0v) is 10.1. The van der Waals surface area contributed by atoms with E-state index in [4.69, 9.17) is 10.5 Å². The van der Waals surface area contributed by atoms with Gasteiger partial charge in [0.2, 0.25) is 5.91 Å². The van der Waals surface area contributed by atoms with Gasteiger partial charge in [0.05, 0.1) is 6.61 Å². The van der Waals surface area contributed by atoms with Gasteiger partial charge in [0.1, 0.15) is 0 Å². The monoisotopic (exact) mass is 216 g/mol. The van der Waals surface area contributed by atoms with E-state index in [0.717, 1.165) is 12.8 Å². The molecule has 2 unspecified atom stereocenters. The molecule has 0 aliphatic rings. The van der Waals surface area contributed by atoms with Crippen molar-refractivity contribution in [1.29, 1.82) is 0 Å². The van der Waals surface area contributed by atoms with E-state index >= 15 is 0 Å². The summed E-state index contributed by atoms with van der Waals surface area (Å²) in [6, 6.07) is 0.185. The van der Waals surface area contributed by atoms with E-state index in [2.05, 4.69) is 5.32 Å². The van der Waals surface area contributed by atoms with Gasteiger partial charge in [0.25, 0.3) is 0 Å². The maximum atomic E-state index is 11.3. The molecule has 0 aromatic carbocycles. The molecular formula is C11H24N2O2. The summed E-state index contributed by atoms with van der Waals surface area (Å²) < 4.78 is 4.98. The molecule has 4 nitrogen and oxygen atoms in total. The van der Waals surface area contributed by atoms with Gasteiger partial charge in [0, 0.05) is 26.1 Å². The molecule has 0 aliphatic heterocycles. The normalized spacial score (nSPS) is 14.7. The Labute approximate surface area is 92.6 Å². The van der Waals surface area contributed by atoms with Crippen molar-refractivity contribution in [3.05, 3.63) is 0 Å². The first-order chi connectivity index (χ1) is 7.06. The van der Waals surface area contributed by atoms with Crippen LogP contribution in [0.15, 0.2) is 0 Å². The van der Waals surface area contributed by atoms with Gasteiger partial charge in [-0.25, -0.2) is 0 Å². The maximum Gasteiger partial charge on any atom is 0.220 e. The molecule has 0 saturated carbocycles. The summed E-state index contributed by atoms with van der Waals surface area (Å²) in [6.07, 6.45) is 2.34. The Morgan fingerprint density at radius 2 is 2.13 bits per heavy atom. The quantitative estimate of drug-likeness (QED) is 0.633. The van der Waals surface area contributed by atoms with Crippen molar-refractivity contribution < 1.29 is 9.53 Å². The Morgan fingerprint density at radius 1 is 1.47 bits per heavy atom. The van der Waals surface area contributed by atoms with Crippen LogP contribution in [0, 0.1) is 5.92 Å². The first-order valence-electron chi connectivity index (χ1n) is 5.57. The number of nitrogens with one attached hydrogen (secondary N) is 1. The van der Waals surface area contributed by atoms with Crippen molar-refractivity contribution in [1.82, 2.24) is 5.32 Å². The number of methoxy groups -OCH3 is 1. The topological polar surface area (TPSA) is 64.3 Å². The van der Waals surface area contributed by atoms with Crippen molar-refractivity contribution in [2.45, 2.75) is 39.2 Å². The summed E-state index contributed by atoms with van der Waals surface area (Å²) in [7, 11) is 1.67. The Hall–Kier alpha value is -0.610. The van der Waals surface area contributed by atoms with Gasteiger partial charge in [-0.2, -0.15) is 0 Å². The fourth-order valence-corrected chi connectivity index (χ4v) is 1.30. The predicted octanol–water partition coefficient (Wildman–Crippen LogP) is 0.903. The van der Waals surface area contributed by atoms with Gasteiger partial charge in [-0.15, -0.1) is 0 Å². The van der Waals surface area contributed by atoms with E-state index in [9.17, 15) is 4.79 Å². The molecule has 0 saturated heterocycles. The van der Waals surface area contributed by atoms with Crippen LogP contribution in [0.1, 0.15) is 33.1 Å². The highest BCUT2D eigenvalue weighted by molar-refractivity contribution is 5.75. The van der Waals surface area contributed by atoms with Crippen LogP contribution in [0.2, 0.25) is 0 Å². The number of ether oxygens (including phenoxy) is 1. The molecule has 15 heavy (non-hydrogen) atoms. The third-order valence-corrected chi connectivity index (χ3v) is 2.16. The molecule has 0 fully saturated rings. The molecule has 0 aromatic rings. The molecule has 0 bridgehead atoms. The molecular weight excluding hydrogens is 192 g/mol. The highest BCUT2D eigenvalue weighted by Gasteiger charge is 2.05. The van der Waals surface area contributed by atoms with Gasteiger partial charge in [-0.3, -0.25) is 4.79 Å². The maximum absolute atomic E-state index is 11.3. The summed E-state index contributed by atoms with van der Waals surface area (Å²) in [4.78, 5) is 11.3. The third kappa shape index (κ3) is 9.69. The molecule has 0 rings (SSSR count). The predicted molar refractivity (Wildman–Crippen MR) is 61.6 cm³/mol. The van der Waals surface area contributed by atoms with Gasteiger partial charge in [0.15, 0.2) is 0 Å². The molecule has 0 aliphatic carbocycles. The standard InChI is InChI=1S/C11H24N2O2/c1-9(8-15-3)7-13-11(14)6-4-5-10(2)12/h9-10H,4-8,12H2,1-3H3,(H,13,14). The van der Waals surface area contributed by atoms with Crippen LogP contribution in [-0.2, 0) is 9.53 Å². The van der Waals surface area contributed by atoms with E-state index in [1.807, 2.05) is 13.8 Å². The average Bonchev–Trinajstić information content (AvgIpc) is 2.14. The largest absolute Gasteiger partial charge is 0.384 e. The summed E-state index contributed by atoms with van der Waals surface area (Å²) >= 11 is 0. The lowest BCUT2D eigenvalue weighted by molar-refractivity contribution is -0.121. The second-order valence-electron chi connectivity index (χ2n) is 4.23. The summed E-state index contributed by atoms with van der Waals surface area (Å²) in [5, 5.41) is 2.88. The van der Waals surface area contributed by atoms with Crippen molar-refractivity contribution in [2.24, 2.45) is 11.7 Å². The lowest BCUT2D eigenvalue weighted by atomic mass is 10.1. The number of hydrogen-bond donors (Lipinski definition) is 2. The fourth-order valence-electron chi connectivity index (χ4n) is 1.30. The molecule has 90 valence electrons. The number of rotatable bonds is 8. The Morgan fingerprint density at radius 3 is 2.67 bits per heavy atom. The zero-order valence-electron chi connectivity index (χ0n) is 10.1. The Balaban J connectivity index is 3.40. The highest BCUT2D eigenvalue weighted by Crippen LogP contribution is 1.99. The van der Waals surface area contributed by atoms with Crippen LogP contribution < -0.4 is 11.1 Å². The van der Waals surface area contributed by atoms with Gasteiger partial charge in [-0.05, 0) is 25.7 Å². The van der Waals surface area contributed by atoms with E-state index in [0.29, 0.717) is 25.5 Å². The average molecular weight is 216 g/mol. The molecule has 0 radical (unpaired) electrons. The fraction of sp³-hybridized carbons (Fsp3) is 0.909. The van der Waals surface area contributed by atoms with Crippen molar-refractivity contribution in [3.63, 3.8) is 0 Å². The molecule has 1 amide bonds. The van der Waals surface area contributed by atoms with Crippen LogP contribution in [0.5, 0.6) is 0 Å². The number of carbonyl (C=O) groups is 1. The minimum atomic E-state index is 0.110. The number of nitrogens with two attached hydrogens (primary N) is 1.